The average Bonchev–Trinajstić information content (AvgIpc) is 3.32. The van der Waals surface area contributed by atoms with Crippen LogP contribution in [0.5, 0.6) is 0 Å². The minimum Gasteiger partial charge on any atom is -0.342 e. The summed E-state index contributed by atoms with van der Waals surface area (Å²) < 4.78 is 1.78. The van der Waals surface area contributed by atoms with E-state index in [2.05, 4.69) is 20.4 Å². The number of imidazole rings is 1. The number of rotatable bonds is 5. The van der Waals surface area contributed by atoms with Gasteiger partial charge in [-0.3, -0.25) is 14.3 Å². The summed E-state index contributed by atoms with van der Waals surface area (Å²) >= 11 is 0. The van der Waals surface area contributed by atoms with E-state index in [1.165, 1.54) is 0 Å². The molecule has 2 aromatic heterocycles. The number of nitrogens with zero attached hydrogens (tertiary/aromatic N) is 4. The molecular weight excluding hydrogens is 368 g/mol. The number of nitrogens with one attached hydrogen (secondary N) is 2. The molecule has 3 aromatic rings. The van der Waals surface area contributed by atoms with Crippen LogP contribution in [-0.4, -0.2) is 49.6 Å². The van der Waals surface area contributed by atoms with E-state index in [0.717, 1.165) is 36.2 Å². The molecule has 0 spiro atoms. The number of H-pyrrole nitrogens is 1. The maximum Gasteiger partial charge on any atom is 0.253 e. The van der Waals surface area contributed by atoms with E-state index in [0.29, 0.717) is 30.9 Å². The van der Waals surface area contributed by atoms with Crippen molar-refractivity contribution >= 4 is 28.7 Å². The number of fused-ring (bicyclic) bond motifs is 1. The Hall–Kier alpha value is -3.16. The van der Waals surface area contributed by atoms with E-state index >= 15 is 0 Å². The van der Waals surface area contributed by atoms with Crippen molar-refractivity contribution in [3.8, 4) is 0 Å². The van der Waals surface area contributed by atoms with Crippen LogP contribution in [0.25, 0.3) is 11.0 Å². The molecule has 8 nitrogen and oxygen atoms in total. The highest BCUT2D eigenvalue weighted by atomic mass is 16.2. The van der Waals surface area contributed by atoms with Gasteiger partial charge in [0, 0.05) is 43.9 Å². The fourth-order valence-electron chi connectivity index (χ4n) is 3.85. The van der Waals surface area contributed by atoms with Crippen molar-refractivity contribution in [2.75, 3.05) is 18.4 Å². The number of benzene rings is 1. The molecule has 8 heteroatoms. The van der Waals surface area contributed by atoms with Crippen molar-refractivity contribution < 1.29 is 9.59 Å². The van der Waals surface area contributed by atoms with Crippen LogP contribution in [0.3, 0.4) is 0 Å². The minimum atomic E-state index is -0.0174. The number of aromatic amines is 1. The van der Waals surface area contributed by atoms with E-state index in [-0.39, 0.29) is 17.7 Å². The number of aryl methyl sites for hydroxylation is 2. The van der Waals surface area contributed by atoms with E-state index in [4.69, 9.17) is 0 Å². The first-order valence-electron chi connectivity index (χ1n) is 10.1. The zero-order valence-corrected chi connectivity index (χ0v) is 16.8. The quantitative estimate of drug-likeness (QED) is 0.695. The highest BCUT2D eigenvalue weighted by Crippen LogP contribution is 2.23. The molecule has 1 aliphatic heterocycles. The molecule has 29 heavy (non-hydrogen) atoms. The van der Waals surface area contributed by atoms with E-state index in [1.807, 2.05) is 43.1 Å². The second-order valence-electron chi connectivity index (χ2n) is 7.60. The number of amides is 2. The third kappa shape index (κ3) is 4.31. The minimum absolute atomic E-state index is 0.0174. The summed E-state index contributed by atoms with van der Waals surface area (Å²) in [5.74, 6) is 1.73. The Labute approximate surface area is 169 Å². The molecule has 152 valence electrons. The van der Waals surface area contributed by atoms with Crippen molar-refractivity contribution in [3.63, 3.8) is 0 Å². The molecule has 0 saturated carbocycles. The third-order valence-corrected chi connectivity index (χ3v) is 5.46. The summed E-state index contributed by atoms with van der Waals surface area (Å²) in [4.78, 5) is 34.6. The molecule has 1 saturated heterocycles. The molecular formula is C21H26N6O2. The van der Waals surface area contributed by atoms with Crippen molar-refractivity contribution in [1.29, 1.82) is 0 Å². The van der Waals surface area contributed by atoms with E-state index in [9.17, 15) is 9.59 Å². The number of likely N-dealkylation sites (tertiary alicyclic amines) is 1. The summed E-state index contributed by atoms with van der Waals surface area (Å²) in [6, 6.07) is 7.39. The van der Waals surface area contributed by atoms with Gasteiger partial charge in [-0.2, -0.15) is 5.10 Å². The lowest BCUT2D eigenvalue weighted by Crippen LogP contribution is -2.39. The molecule has 4 rings (SSSR count). The first-order valence-corrected chi connectivity index (χ1v) is 10.1. The maximum absolute atomic E-state index is 12.9. The van der Waals surface area contributed by atoms with Crippen LogP contribution in [0.15, 0.2) is 30.5 Å². The van der Waals surface area contributed by atoms with Crippen molar-refractivity contribution in [1.82, 2.24) is 24.6 Å². The van der Waals surface area contributed by atoms with Gasteiger partial charge in [0.1, 0.15) is 5.82 Å². The molecule has 0 unspecified atom stereocenters. The number of carbonyl (C=O) groups excluding carboxylic acids is 2. The highest BCUT2D eigenvalue weighted by molar-refractivity contribution is 5.97. The normalized spacial score (nSPS) is 15.0. The first kappa shape index (κ1) is 19.2. The summed E-state index contributed by atoms with van der Waals surface area (Å²) in [6.07, 6.45) is 3.96. The first-order chi connectivity index (χ1) is 14.0. The average molecular weight is 394 g/mol. The van der Waals surface area contributed by atoms with Gasteiger partial charge < -0.3 is 15.2 Å². The fraction of sp³-hybridized carbons (Fsp3) is 0.429. The number of aromatic nitrogens is 4. The van der Waals surface area contributed by atoms with Gasteiger partial charge >= 0.3 is 0 Å². The van der Waals surface area contributed by atoms with Crippen LogP contribution in [0.1, 0.15) is 42.4 Å². The molecule has 0 radical (unpaired) electrons. The smallest absolute Gasteiger partial charge is 0.253 e. The Bertz CT molecular complexity index is 1030. The second-order valence-corrected chi connectivity index (χ2v) is 7.60. The predicted molar refractivity (Wildman–Crippen MR) is 111 cm³/mol. The topological polar surface area (TPSA) is 95.9 Å². The fourth-order valence-corrected chi connectivity index (χ4v) is 3.85. The molecule has 3 heterocycles. The maximum atomic E-state index is 12.9. The Balaban J connectivity index is 1.30. The standard InChI is InChI=1S/C21H26N6O2/c1-3-27-11-8-19(25-27)24-20(28)12-15-6-9-26(10-7-15)21(29)16-4-5-17-18(13-16)23-14(2)22-17/h4-5,8,11,13,15H,3,6-7,9-10,12H2,1-2H3,(H,22,23)(H,24,25,28). The van der Waals surface area contributed by atoms with Crippen LogP contribution < -0.4 is 5.32 Å². The number of anilines is 1. The van der Waals surface area contributed by atoms with Gasteiger partial charge in [0.05, 0.1) is 11.0 Å². The van der Waals surface area contributed by atoms with Crippen molar-refractivity contribution in [2.45, 2.75) is 39.7 Å². The zero-order valence-electron chi connectivity index (χ0n) is 16.8. The van der Waals surface area contributed by atoms with Gasteiger partial charge in [-0.25, -0.2) is 4.98 Å². The largest absolute Gasteiger partial charge is 0.342 e. The zero-order chi connectivity index (χ0) is 20.4. The summed E-state index contributed by atoms with van der Waals surface area (Å²) in [5.41, 5.74) is 2.42. The number of carbonyl (C=O) groups is 2. The second kappa shape index (κ2) is 8.06. The number of hydrogen-bond donors (Lipinski definition) is 2. The summed E-state index contributed by atoms with van der Waals surface area (Å²) in [5, 5.41) is 7.14. The van der Waals surface area contributed by atoms with Gasteiger partial charge in [-0.1, -0.05) is 0 Å². The third-order valence-electron chi connectivity index (χ3n) is 5.46. The van der Waals surface area contributed by atoms with Gasteiger partial charge in [0.25, 0.3) is 5.91 Å². The molecule has 1 aliphatic rings. The highest BCUT2D eigenvalue weighted by Gasteiger charge is 2.25. The Morgan fingerprint density at radius 2 is 2.03 bits per heavy atom. The Morgan fingerprint density at radius 1 is 1.24 bits per heavy atom. The number of hydrogen-bond acceptors (Lipinski definition) is 4. The van der Waals surface area contributed by atoms with Crippen LogP contribution >= 0.6 is 0 Å². The van der Waals surface area contributed by atoms with Gasteiger partial charge in [-0.05, 0) is 50.8 Å². The number of piperidine rings is 1. The Kier molecular flexibility index (Phi) is 5.33. The molecule has 1 fully saturated rings. The van der Waals surface area contributed by atoms with Crippen LogP contribution in [0.4, 0.5) is 5.82 Å². The lowest BCUT2D eigenvalue weighted by atomic mass is 9.93. The van der Waals surface area contributed by atoms with Crippen molar-refractivity contribution in [2.24, 2.45) is 5.92 Å². The van der Waals surface area contributed by atoms with Crippen LogP contribution in [0, 0.1) is 12.8 Å². The van der Waals surface area contributed by atoms with Gasteiger partial charge in [-0.15, -0.1) is 0 Å². The van der Waals surface area contributed by atoms with Gasteiger partial charge in [0.2, 0.25) is 5.91 Å². The monoisotopic (exact) mass is 394 g/mol. The van der Waals surface area contributed by atoms with E-state index < -0.39 is 0 Å². The van der Waals surface area contributed by atoms with Crippen LogP contribution in [-0.2, 0) is 11.3 Å². The molecule has 1 aromatic carbocycles. The summed E-state index contributed by atoms with van der Waals surface area (Å²) in [6.45, 7) is 6.01. The van der Waals surface area contributed by atoms with E-state index in [1.54, 1.807) is 10.7 Å². The summed E-state index contributed by atoms with van der Waals surface area (Å²) in [7, 11) is 0. The molecule has 0 atom stereocenters. The van der Waals surface area contributed by atoms with Crippen LogP contribution in [0.2, 0.25) is 0 Å². The van der Waals surface area contributed by atoms with Gasteiger partial charge in [0.15, 0.2) is 5.82 Å². The molecule has 2 N–H and O–H groups in total. The molecule has 0 aliphatic carbocycles. The SMILES string of the molecule is CCn1ccc(NC(=O)CC2CCN(C(=O)c3ccc4nc(C)[nH]c4c3)CC2)n1. The predicted octanol–water partition coefficient (Wildman–Crippen LogP) is 2.97. The molecule has 0 bridgehead atoms. The lowest BCUT2D eigenvalue weighted by Gasteiger charge is -2.31. The van der Waals surface area contributed by atoms with Crippen molar-refractivity contribution in [3.05, 3.63) is 41.9 Å². The Morgan fingerprint density at radius 3 is 2.76 bits per heavy atom. The lowest BCUT2D eigenvalue weighted by molar-refractivity contribution is -0.117. The molecule has 2 amide bonds.